The molecule has 31 heavy (non-hydrogen) atoms. The van der Waals surface area contributed by atoms with Crippen LogP contribution in [0.2, 0.25) is 0 Å². The van der Waals surface area contributed by atoms with Crippen LogP contribution >= 0.6 is 0 Å². The van der Waals surface area contributed by atoms with Gasteiger partial charge in [-0.3, -0.25) is 0 Å². The van der Waals surface area contributed by atoms with E-state index in [9.17, 15) is 17.6 Å². The van der Waals surface area contributed by atoms with Crippen LogP contribution in [0.4, 0.5) is 17.6 Å². The monoisotopic (exact) mass is 426 g/mol. The molecule has 1 aliphatic carbocycles. The number of benzene rings is 3. The van der Waals surface area contributed by atoms with Crippen molar-refractivity contribution in [3.05, 3.63) is 83.4 Å². The summed E-state index contributed by atoms with van der Waals surface area (Å²) in [6, 6.07) is 13.9. The van der Waals surface area contributed by atoms with E-state index in [-0.39, 0.29) is 17.2 Å². The van der Waals surface area contributed by atoms with Crippen LogP contribution in [0.1, 0.15) is 37.4 Å². The molecule has 3 aromatic carbocycles. The molecule has 0 radical (unpaired) electrons. The average molecular weight is 426 g/mol. The maximum Gasteiger partial charge on any atom is 0.194 e. The molecule has 1 saturated carbocycles. The number of halogens is 4. The maximum absolute atomic E-state index is 14.7. The first-order valence-corrected chi connectivity index (χ1v) is 10.7. The van der Waals surface area contributed by atoms with Gasteiger partial charge in [-0.25, -0.2) is 17.6 Å². The third-order valence-electron chi connectivity index (χ3n) is 6.48. The SMILES string of the molecule is Fc1cc(-c2ccc(C3CCC(C4CC4)CO3)cc2)ccc1-c1cc(F)c(F)c(F)c1. The quantitative estimate of drug-likeness (QED) is 0.311. The molecule has 1 heterocycles. The molecule has 0 amide bonds. The van der Waals surface area contributed by atoms with Crippen molar-refractivity contribution in [2.75, 3.05) is 6.61 Å². The Balaban J connectivity index is 1.33. The van der Waals surface area contributed by atoms with Gasteiger partial charge >= 0.3 is 0 Å². The second kappa shape index (κ2) is 8.12. The fourth-order valence-corrected chi connectivity index (χ4v) is 4.50. The van der Waals surface area contributed by atoms with Crippen LogP contribution in [-0.2, 0) is 4.74 Å². The molecule has 1 saturated heterocycles. The lowest BCUT2D eigenvalue weighted by Gasteiger charge is -2.29. The van der Waals surface area contributed by atoms with E-state index in [1.807, 2.05) is 24.3 Å². The molecule has 3 aromatic rings. The van der Waals surface area contributed by atoms with Crippen molar-refractivity contribution in [2.45, 2.75) is 31.8 Å². The second-order valence-corrected chi connectivity index (χ2v) is 8.57. The zero-order chi connectivity index (χ0) is 21.5. The lowest BCUT2D eigenvalue weighted by Crippen LogP contribution is -2.22. The summed E-state index contributed by atoms with van der Waals surface area (Å²) < 4.78 is 61.0. The predicted octanol–water partition coefficient (Wildman–Crippen LogP) is 7.45. The largest absolute Gasteiger partial charge is 0.373 e. The highest BCUT2D eigenvalue weighted by atomic mass is 19.2. The molecule has 5 rings (SSSR count). The Morgan fingerprint density at radius 3 is 1.81 bits per heavy atom. The van der Waals surface area contributed by atoms with E-state index in [1.54, 1.807) is 6.07 Å². The minimum atomic E-state index is -1.56. The Morgan fingerprint density at radius 2 is 1.23 bits per heavy atom. The fraction of sp³-hybridized carbons (Fsp3) is 0.308. The van der Waals surface area contributed by atoms with Crippen molar-refractivity contribution in [3.8, 4) is 22.3 Å². The molecule has 0 N–H and O–H groups in total. The molecule has 2 aliphatic rings. The van der Waals surface area contributed by atoms with Gasteiger partial charge in [-0.1, -0.05) is 36.4 Å². The van der Waals surface area contributed by atoms with Gasteiger partial charge in [0.1, 0.15) is 5.82 Å². The lowest BCUT2D eigenvalue weighted by atomic mass is 9.91. The normalized spacial score (nSPS) is 21.3. The molecule has 2 unspecified atom stereocenters. The first kappa shape index (κ1) is 20.3. The Morgan fingerprint density at radius 1 is 0.613 bits per heavy atom. The summed E-state index contributed by atoms with van der Waals surface area (Å²) in [6.45, 7) is 0.828. The number of hydrogen-bond donors (Lipinski definition) is 0. The van der Waals surface area contributed by atoms with Crippen molar-refractivity contribution in [2.24, 2.45) is 11.8 Å². The van der Waals surface area contributed by atoms with Crippen LogP contribution < -0.4 is 0 Å². The zero-order valence-electron chi connectivity index (χ0n) is 16.9. The van der Waals surface area contributed by atoms with Crippen LogP contribution in [0.3, 0.4) is 0 Å². The summed E-state index contributed by atoms with van der Waals surface area (Å²) >= 11 is 0. The van der Waals surface area contributed by atoms with E-state index >= 15 is 0 Å². The summed E-state index contributed by atoms with van der Waals surface area (Å²) in [4.78, 5) is 0. The summed E-state index contributed by atoms with van der Waals surface area (Å²) in [6.07, 6.45) is 5.01. The van der Waals surface area contributed by atoms with Gasteiger partial charge in [0.2, 0.25) is 0 Å². The number of rotatable bonds is 4. The van der Waals surface area contributed by atoms with Crippen molar-refractivity contribution in [3.63, 3.8) is 0 Å². The van der Waals surface area contributed by atoms with E-state index in [1.165, 1.54) is 31.4 Å². The Hall–Kier alpha value is -2.66. The highest BCUT2D eigenvalue weighted by Crippen LogP contribution is 2.43. The van der Waals surface area contributed by atoms with E-state index < -0.39 is 23.3 Å². The van der Waals surface area contributed by atoms with Gasteiger partial charge in [-0.05, 0) is 78.0 Å². The van der Waals surface area contributed by atoms with Gasteiger partial charge in [-0.15, -0.1) is 0 Å². The van der Waals surface area contributed by atoms with Crippen molar-refractivity contribution >= 4 is 0 Å². The fourth-order valence-electron chi connectivity index (χ4n) is 4.50. The highest BCUT2D eigenvalue weighted by molar-refractivity contribution is 5.71. The molecule has 0 aromatic heterocycles. The van der Waals surface area contributed by atoms with Crippen LogP contribution in [0.25, 0.3) is 22.3 Å². The van der Waals surface area contributed by atoms with Crippen molar-refractivity contribution < 1.29 is 22.3 Å². The first-order chi connectivity index (χ1) is 15.0. The van der Waals surface area contributed by atoms with Crippen LogP contribution in [0.5, 0.6) is 0 Å². The molecular formula is C26H22F4O. The first-order valence-electron chi connectivity index (χ1n) is 10.7. The van der Waals surface area contributed by atoms with E-state index in [2.05, 4.69) is 0 Å². The molecule has 0 spiro atoms. The number of hydrogen-bond acceptors (Lipinski definition) is 1. The Kier molecular flexibility index (Phi) is 5.30. The third kappa shape index (κ3) is 4.11. The smallest absolute Gasteiger partial charge is 0.194 e. The Bertz CT molecular complexity index is 1070. The number of ether oxygens (including phenoxy) is 1. The van der Waals surface area contributed by atoms with Gasteiger partial charge in [0.25, 0.3) is 0 Å². The van der Waals surface area contributed by atoms with Crippen molar-refractivity contribution in [1.82, 2.24) is 0 Å². The molecule has 160 valence electrons. The average Bonchev–Trinajstić information content (AvgIpc) is 3.63. The van der Waals surface area contributed by atoms with Crippen molar-refractivity contribution in [1.29, 1.82) is 0 Å². The molecule has 0 bridgehead atoms. The third-order valence-corrected chi connectivity index (χ3v) is 6.48. The highest BCUT2D eigenvalue weighted by Gasteiger charge is 2.34. The van der Waals surface area contributed by atoms with Crippen LogP contribution in [0, 0.1) is 35.1 Å². The zero-order valence-corrected chi connectivity index (χ0v) is 16.9. The minimum Gasteiger partial charge on any atom is -0.373 e. The standard InChI is InChI=1S/C26H22F4O/c27-22-11-18(7-9-21(22)20-12-23(28)26(30)24(29)13-20)15-3-5-17(6-4-15)25-10-8-19(14-31-25)16-1-2-16/h3-7,9,11-13,16,19,25H,1-2,8,10,14H2. The second-order valence-electron chi connectivity index (χ2n) is 8.57. The molecule has 2 fully saturated rings. The van der Waals surface area contributed by atoms with Gasteiger partial charge in [-0.2, -0.15) is 0 Å². The van der Waals surface area contributed by atoms with Crippen LogP contribution in [0.15, 0.2) is 54.6 Å². The van der Waals surface area contributed by atoms with Gasteiger partial charge in [0, 0.05) is 5.56 Å². The summed E-state index contributed by atoms with van der Waals surface area (Å²) in [5.74, 6) is -3.31. The minimum absolute atomic E-state index is 0.0130. The van der Waals surface area contributed by atoms with Gasteiger partial charge in [0.15, 0.2) is 17.5 Å². The van der Waals surface area contributed by atoms with E-state index in [0.29, 0.717) is 11.5 Å². The van der Waals surface area contributed by atoms with Gasteiger partial charge < -0.3 is 4.74 Å². The molecular weight excluding hydrogens is 404 g/mol. The molecule has 1 nitrogen and oxygen atoms in total. The molecule has 1 aliphatic heterocycles. The lowest BCUT2D eigenvalue weighted by molar-refractivity contribution is -0.0230. The maximum atomic E-state index is 14.7. The molecule has 2 atom stereocenters. The van der Waals surface area contributed by atoms with E-state index in [4.69, 9.17) is 4.74 Å². The topological polar surface area (TPSA) is 9.23 Å². The summed E-state index contributed by atoms with van der Waals surface area (Å²) in [5.41, 5.74) is 2.56. The summed E-state index contributed by atoms with van der Waals surface area (Å²) in [5, 5.41) is 0. The van der Waals surface area contributed by atoms with Crippen LogP contribution in [-0.4, -0.2) is 6.61 Å². The summed E-state index contributed by atoms with van der Waals surface area (Å²) in [7, 11) is 0. The Labute approximate surface area is 178 Å². The predicted molar refractivity (Wildman–Crippen MR) is 111 cm³/mol. The van der Waals surface area contributed by atoms with Gasteiger partial charge in [0.05, 0.1) is 12.7 Å². The van der Waals surface area contributed by atoms with E-state index in [0.717, 1.165) is 42.2 Å². The molecule has 5 heteroatoms.